The Morgan fingerprint density at radius 1 is 1.12 bits per heavy atom. The van der Waals surface area contributed by atoms with Crippen LogP contribution in [0.2, 0.25) is 0 Å². The van der Waals surface area contributed by atoms with Gasteiger partial charge in [0.25, 0.3) is 10.0 Å². The van der Waals surface area contributed by atoms with Crippen molar-refractivity contribution in [2.75, 3.05) is 0 Å². The molecule has 0 amide bonds. The van der Waals surface area contributed by atoms with Crippen LogP contribution in [0.15, 0.2) is 53.6 Å². The largest absolute Gasteiger partial charge is 0.303 e. The summed E-state index contributed by atoms with van der Waals surface area (Å²) < 4.78 is 27.2. The predicted molar refractivity (Wildman–Crippen MR) is 94.8 cm³/mol. The van der Waals surface area contributed by atoms with Crippen molar-refractivity contribution >= 4 is 27.2 Å². The molecule has 3 aromatic rings. The molecule has 0 N–H and O–H groups in total. The second kappa shape index (κ2) is 6.54. The Hall–Kier alpha value is -2.91. The molecule has 3 rings (SSSR count). The van der Waals surface area contributed by atoms with E-state index in [1.165, 1.54) is 6.20 Å². The van der Waals surface area contributed by atoms with Crippen molar-refractivity contribution in [3.63, 3.8) is 0 Å². The van der Waals surface area contributed by atoms with E-state index in [9.17, 15) is 18.5 Å². The summed E-state index contributed by atoms with van der Waals surface area (Å²) in [7, 11) is -3.81. The van der Waals surface area contributed by atoms with Crippen LogP contribution in [0, 0.1) is 18.3 Å². The number of rotatable bonds is 5. The zero-order chi connectivity index (χ0) is 18.0. The molecule has 126 valence electrons. The Morgan fingerprint density at radius 2 is 1.84 bits per heavy atom. The van der Waals surface area contributed by atoms with E-state index < -0.39 is 10.0 Å². The first-order chi connectivity index (χ1) is 12.0. The molecule has 0 saturated carbocycles. The topological polar surface area (TPSA) is 79.9 Å². The summed E-state index contributed by atoms with van der Waals surface area (Å²) in [6.07, 6.45) is 3.13. The molecule has 1 heterocycles. The molecule has 0 saturated heterocycles. The van der Waals surface area contributed by atoms with E-state index in [0.29, 0.717) is 23.7 Å². The number of nitrogens with zero attached hydrogens (tertiary/aromatic N) is 2. The first-order valence-electron chi connectivity index (χ1n) is 7.78. The van der Waals surface area contributed by atoms with Crippen molar-refractivity contribution in [2.45, 2.75) is 24.7 Å². The van der Waals surface area contributed by atoms with Gasteiger partial charge in [-0.2, -0.15) is 5.26 Å². The quantitative estimate of drug-likeness (QED) is 0.661. The van der Waals surface area contributed by atoms with Crippen molar-refractivity contribution in [2.24, 2.45) is 0 Å². The fourth-order valence-electron chi connectivity index (χ4n) is 2.84. The van der Waals surface area contributed by atoms with Crippen LogP contribution in [0.5, 0.6) is 0 Å². The van der Waals surface area contributed by atoms with E-state index in [1.807, 2.05) is 6.92 Å². The van der Waals surface area contributed by atoms with Crippen LogP contribution in [0.25, 0.3) is 10.9 Å². The highest BCUT2D eigenvalue weighted by molar-refractivity contribution is 7.90. The zero-order valence-corrected chi connectivity index (χ0v) is 14.5. The van der Waals surface area contributed by atoms with Gasteiger partial charge in [-0.1, -0.05) is 23.8 Å². The highest BCUT2D eigenvalue weighted by atomic mass is 32.2. The lowest BCUT2D eigenvalue weighted by Gasteiger charge is -2.10. The number of carbonyl (C=O) groups is 1. The number of hydrogen-bond acceptors (Lipinski definition) is 4. The fourth-order valence-corrected chi connectivity index (χ4v) is 4.20. The number of benzene rings is 2. The van der Waals surface area contributed by atoms with E-state index in [4.69, 9.17) is 0 Å². The summed E-state index contributed by atoms with van der Waals surface area (Å²) in [5, 5.41) is 10.1. The number of nitriles is 1. The lowest BCUT2D eigenvalue weighted by atomic mass is 10.0. The second-order valence-corrected chi connectivity index (χ2v) is 7.60. The third-order valence-electron chi connectivity index (χ3n) is 4.13. The minimum Gasteiger partial charge on any atom is -0.303 e. The number of carbonyl (C=O) groups excluding carboxylic acids is 1. The minimum absolute atomic E-state index is 0.165. The Bertz CT molecular complexity index is 1090. The zero-order valence-electron chi connectivity index (χ0n) is 13.6. The van der Waals surface area contributed by atoms with Crippen LogP contribution < -0.4 is 0 Å². The summed E-state index contributed by atoms with van der Waals surface area (Å²) >= 11 is 0. The van der Waals surface area contributed by atoms with Gasteiger partial charge in [-0.25, -0.2) is 12.4 Å². The van der Waals surface area contributed by atoms with Crippen LogP contribution in [0.1, 0.15) is 23.1 Å². The van der Waals surface area contributed by atoms with Gasteiger partial charge in [-0.15, -0.1) is 0 Å². The molecule has 0 aliphatic heterocycles. The Kier molecular flexibility index (Phi) is 4.43. The van der Waals surface area contributed by atoms with Gasteiger partial charge in [0.1, 0.15) is 12.4 Å². The first kappa shape index (κ1) is 16.9. The monoisotopic (exact) mass is 352 g/mol. The van der Waals surface area contributed by atoms with Crippen molar-refractivity contribution in [1.29, 1.82) is 5.26 Å². The standard InChI is InChI=1S/C19H16N2O3S/c1-14-4-8-17(9-5-14)25(23,24)21-11-10-18-15(3-2-12-22)6-7-16(13-20)19(18)21/h4-12H,2-3H2,1H3. The Labute approximate surface area is 146 Å². The van der Waals surface area contributed by atoms with Crippen LogP contribution in [0.4, 0.5) is 0 Å². The summed E-state index contributed by atoms with van der Waals surface area (Å²) in [6, 6.07) is 13.7. The Morgan fingerprint density at radius 3 is 2.48 bits per heavy atom. The summed E-state index contributed by atoms with van der Waals surface area (Å²) in [6.45, 7) is 1.88. The maximum Gasteiger partial charge on any atom is 0.268 e. The molecule has 2 aromatic carbocycles. The summed E-state index contributed by atoms with van der Waals surface area (Å²) in [5.41, 5.74) is 2.45. The molecular formula is C19H16N2O3S. The van der Waals surface area contributed by atoms with Crippen molar-refractivity contribution in [1.82, 2.24) is 3.97 Å². The predicted octanol–water partition coefficient (Wildman–Crippen LogP) is 3.19. The van der Waals surface area contributed by atoms with Gasteiger partial charge in [0.2, 0.25) is 0 Å². The van der Waals surface area contributed by atoms with E-state index in [0.717, 1.165) is 21.4 Å². The summed E-state index contributed by atoms with van der Waals surface area (Å²) in [4.78, 5) is 10.8. The lowest BCUT2D eigenvalue weighted by molar-refractivity contribution is -0.107. The van der Waals surface area contributed by atoms with E-state index >= 15 is 0 Å². The molecule has 1 aromatic heterocycles. The first-order valence-corrected chi connectivity index (χ1v) is 9.22. The van der Waals surface area contributed by atoms with Gasteiger partial charge in [0.05, 0.1) is 16.0 Å². The molecule has 0 aliphatic rings. The van der Waals surface area contributed by atoms with Crippen LogP contribution in [-0.2, 0) is 21.2 Å². The number of aryl methyl sites for hydroxylation is 2. The van der Waals surface area contributed by atoms with Gasteiger partial charge in [0, 0.05) is 18.0 Å². The molecule has 0 unspecified atom stereocenters. The van der Waals surface area contributed by atoms with Gasteiger partial charge >= 0.3 is 0 Å². The molecule has 25 heavy (non-hydrogen) atoms. The van der Waals surface area contributed by atoms with E-state index in [-0.39, 0.29) is 10.5 Å². The van der Waals surface area contributed by atoms with Gasteiger partial charge in [0.15, 0.2) is 0 Å². The molecule has 0 atom stereocenters. The van der Waals surface area contributed by atoms with E-state index in [2.05, 4.69) is 6.07 Å². The molecule has 0 spiro atoms. The fraction of sp³-hybridized carbons (Fsp3) is 0.158. The smallest absolute Gasteiger partial charge is 0.268 e. The molecular weight excluding hydrogens is 336 g/mol. The van der Waals surface area contributed by atoms with E-state index in [1.54, 1.807) is 42.5 Å². The highest BCUT2D eigenvalue weighted by Crippen LogP contribution is 2.28. The normalized spacial score (nSPS) is 11.4. The van der Waals surface area contributed by atoms with Gasteiger partial charge in [-0.05, 0) is 43.2 Å². The lowest BCUT2D eigenvalue weighted by Crippen LogP contribution is -2.12. The molecule has 0 bridgehead atoms. The number of aromatic nitrogens is 1. The summed E-state index contributed by atoms with van der Waals surface area (Å²) in [5.74, 6) is 0. The number of aldehydes is 1. The molecule has 6 heteroatoms. The average molecular weight is 352 g/mol. The Balaban J connectivity index is 2.25. The van der Waals surface area contributed by atoms with Crippen molar-refractivity contribution in [3.8, 4) is 6.07 Å². The third kappa shape index (κ3) is 2.94. The average Bonchev–Trinajstić information content (AvgIpc) is 3.06. The molecule has 0 aliphatic carbocycles. The highest BCUT2D eigenvalue weighted by Gasteiger charge is 2.21. The SMILES string of the molecule is Cc1ccc(S(=O)(=O)n2ccc3c(CCC=O)ccc(C#N)c32)cc1. The third-order valence-corrected chi connectivity index (χ3v) is 5.82. The van der Waals surface area contributed by atoms with Crippen LogP contribution in [0.3, 0.4) is 0 Å². The van der Waals surface area contributed by atoms with Gasteiger partial charge < -0.3 is 4.79 Å². The molecule has 0 fully saturated rings. The maximum absolute atomic E-state index is 13.0. The second-order valence-electron chi connectivity index (χ2n) is 5.78. The maximum atomic E-state index is 13.0. The van der Waals surface area contributed by atoms with Crippen molar-refractivity contribution in [3.05, 3.63) is 65.4 Å². The van der Waals surface area contributed by atoms with Crippen LogP contribution in [-0.4, -0.2) is 18.7 Å². The number of hydrogen-bond donors (Lipinski definition) is 0. The van der Waals surface area contributed by atoms with Crippen molar-refractivity contribution < 1.29 is 13.2 Å². The van der Waals surface area contributed by atoms with Gasteiger partial charge in [-0.3, -0.25) is 0 Å². The molecule has 5 nitrogen and oxygen atoms in total. The van der Waals surface area contributed by atoms with Crippen LogP contribution >= 0.6 is 0 Å². The minimum atomic E-state index is -3.81. The molecule has 0 radical (unpaired) electrons. The number of fused-ring (bicyclic) bond motifs is 1.